The molecule has 0 radical (unpaired) electrons. The summed E-state index contributed by atoms with van der Waals surface area (Å²) in [4.78, 5) is 0. The first-order valence-corrected chi connectivity index (χ1v) is 3.91. The van der Waals surface area contributed by atoms with E-state index in [1.165, 1.54) is 0 Å². The fourth-order valence-corrected chi connectivity index (χ4v) is 0.845. The van der Waals surface area contributed by atoms with Gasteiger partial charge in [0.1, 0.15) is 6.23 Å². The van der Waals surface area contributed by atoms with E-state index in [9.17, 15) is 5.11 Å². The highest BCUT2D eigenvalue weighted by atomic mass is 16.3. The van der Waals surface area contributed by atoms with E-state index in [0.29, 0.717) is 0 Å². The van der Waals surface area contributed by atoms with E-state index in [0.717, 1.165) is 12.8 Å². The van der Waals surface area contributed by atoms with Gasteiger partial charge in [-0.3, -0.25) is 5.32 Å². The number of rotatable bonds is 3. The highest BCUT2D eigenvalue weighted by molar-refractivity contribution is 4.71. The monoisotopic (exact) mass is 145 g/mol. The summed E-state index contributed by atoms with van der Waals surface area (Å²) >= 11 is 0. The Bertz CT molecular complexity index is 85.7. The molecule has 0 rings (SSSR count). The fraction of sp³-hybridized carbons (Fsp3) is 1.00. The van der Waals surface area contributed by atoms with Gasteiger partial charge in [0.05, 0.1) is 0 Å². The summed E-state index contributed by atoms with van der Waals surface area (Å²) in [5.41, 5.74) is 0.0224. The van der Waals surface area contributed by atoms with Crippen molar-refractivity contribution >= 4 is 0 Å². The Morgan fingerprint density at radius 3 is 2.20 bits per heavy atom. The third-order valence-corrected chi connectivity index (χ3v) is 1.16. The predicted molar refractivity (Wildman–Crippen MR) is 43.8 cm³/mol. The molecular formula is C8H19NO. The van der Waals surface area contributed by atoms with Gasteiger partial charge in [-0.25, -0.2) is 0 Å². The Hall–Kier alpha value is -0.0800. The van der Waals surface area contributed by atoms with E-state index in [1.54, 1.807) is 0 Å². The van der Waals surface area contributed by atoms with Crippen LogP contribution in [-0.2, 0) is 0 Å². The minimum absolute atomic E-state index is 0.0224. The lowest BCUT2D eigenvalue weighted by Gasteiger charge is -2.24. The van der Waals surface area contributed by atoms with Crippen LogP contribution in [0.2, 0.25) is 0 Å². The predicted octanol–water partition coefficient (Wildman–Crippen LogP) is 1.49. The maximum Gasteiger partial charge on any atom is 0.105 e. The van der Waals surface area contributed by atoms with Gasteiger partial charge in [0.2, 0.25) is 0 Å². The van der Waals surface area contributed by atoms with Crippen molar-refractivity contribution in [3.05, 3.63) is 0 Å². The lowest BCUT2D eigenvalue weighted by atomic mass is 10.1. The molecule has 0 heterocycles. The van der Waals surface area contributed by atoms with Crippen LogP contribution in [0.15, 0.2) is 0 Å². The number of hydrogen-bond acceptors (Lipinski definition) is 2. The largest absolute Gasteiger partial charge is 0.379 e. The molecule has 62 valence electrons. The molecule has 0 aromatic heterocycles. The summed E-state index contributed by atoms with van der Waals surface area (Å²) in [6.45, 7) is 8.21. The van der Waals surface area contributed by atoms with Crippen LogP contribution in [0.3, 0.4) is 0 Å². The molecule has 0 amide bonds. The molecule has 0 fully saturated rings. The van der Waals surface area contributed by atoms with Gasteiger partial charge < -0.3 is 5.11 Å². The van der Waals surface area contributed by atoms with E-state index in [-0.39, 0.29) is 11.8 Å². The van der Waals surface area contributed by atoms with Gasteiger partial charge in [-0.1, -0.05) is 13.3 Å². The zero-order valence-corrected chi connectivity index (χ0v) is 7.44. The first-order chi connectivity index (χ1) is 4.45. The molecule has 0 aliphatic carbocycles. The van der Waals surface area contributed by atoms with Crippen LogP contribution in [0.1, 0.15) is 40.5 Å². The molecule has 0 aromatic carbocycles. The van der Waals surface area contributed by atoms with Crippen LogP contribution < -0.4 is 5.32 Å². The van der Waals surface area contributed by atoms with Crippen molar-refractivity contribution in [3.63, 3.8) is 0 Å². The normalized spacial score (nSPS) is 15.3. The van der Waals surface area contributed by atoms with E-state index < -0.39 is 0 Å². The van der Waals surface area contributed by atoms with Crippen molar-refractivity contribution < 1.29 is 5.11 Å². The average Bonchev–Trinajstić information content (AvgIpc) is 1.59. The quantitative estimate of drug-likeness (QED) is 0.590. The zero-order valence-electron chi connectivity index (χ0n) is 7.44. The van der Waals surface area contributed by atoms with Gasteiger partial charge >= 0.3 is 0 Å². The summed E-state index contributed by atoms with van der Waals surface area (Å²) in [7, 11) is 0. The molecule has 0 spiro atoms. The van der Waals surface area contributed by atoms with E-state index in [1.807, 2.05) is 20.8 Å². The van der Waals surface area contributed by atoms with Crippen molar-refractivity contribution in [1.82, 2.24) is 5.32 Å². The van der Waals surface area contributed by atoms with Gasteiger partial charge in [0.15, 0.2) is 0 Å². The number of nitrogens with one attached hydrogen (secondary N) is 1. The molecule has 0 aromatic rings. The zero-order chi connectivity index (χ0) is 8.20. The Morgan fingerprint density at radius 2 is 1.90 bits per heavy atom. The summed E-state index contributed by atoms with van der Waals surface area (Å²) in [5.74, 6) is 0. The highest BCUT2D eigenvalue weighted by Gasteiger charge is 2.13. The number of aliphatic hydroxyl groups excluding tert-OH is 1. The second-order valence-corrected chi connectivity index (χ2v) is 3.70. The minimum atomic E-state index is -0.343. The Labute approximate surface area is 63.6 Å². The molecular weight excluding hydrogens is 126 g/mol. The maximum absolute atomic E-state index is 9.27. The average molecular weight is 145 g/mol. The topological polar surface area (TPSA) is 32.3 Å². The smallest absolute Gasteiger partial charge is 0.105 e. The standard InChI is InChI=1S/C8H19NO/c1-5-6-7(10)9-8(2,3)4/h7,9-10H,5-6H2,1-4H3. The van der Waals surface area contributed by atoms with Crippen molar-refractivity contribution in [2.45, 2.75) is 52.3 Å². The first kappa shape index (κ1) is 9.92. The summed E-state index contributed by atoms with van der Waals surface area (Å²) in [6, 6.07) is 0. The SMILES string of the molecule is CCCC(O)NC(C)(C)C. The Balaban J connectivity index is 3.47. The molecule has 2 nitrogen and oxygen atoms in total. The second kappa shape index (κ2) is 3.94. The van der Waals surface area contributed by atoms with Crippen LogP contribution >= 0.6 is 0 Å². The second-order valence-electron chi connectivity index (χ2n) is 3.70. The lowest BCUT2D eigenvalue weighted by Crippen LogP contribution is -2.43. The molecule has 1 unspecified atom stereocenters. The number of aliphatic hydroxyl groups is 1. The van der Waals surface area contributed by atoms with Crippen molar-refractivity contribution in [1.29, 1.82) is 0 Å². The first-order valence-electron chi connectivity index (χ1n) is 3.91. The van der Waals surface area contributed by atoms with Crippen LogP contribution in [0.4, 0.5) is 0 Å². The van der Waals surface area contributed by atoms with Crippen LogP contribution in [0.5, 0.6) is 0 Å². The minimum Gasteiger partial charge on any atom is -0.379 e. The van der Waals surface area contributed by atoms with Crippen LogP contribution in [-0.4, -0.2) is 16.9 Å². The highest BCUT2D eigenvalue weighted by Crippen LogP contribution is 2.02. The number of hydrogen-bond donors (Lipinski definition) is 2. The van der Waals surface area contributed by atoms with Crippen LogP contribution in [0, 0.1) is 0 Å². The molecule has 1 atom stereocenters. The van der Waals surface area contributed by atoms with Gasteiger partial charge in [0.25, 0.3) is 0 Å². The Kier molecular flexibility index (Phi) is 3.91. The van der Waals surface area contributed by atoms with Gasteiger partial charge in [-0.15, -0.1) is 0 Å². The molecule has 0 bridgehead atoms. The Morgan fingerprint density at radius 1 is 1.40 bits per heavy atom. The van der Waals surface area contributed by atoms with Crippen LogP contribution in [0.25, 0.3) is 0 Å². The third kappa shape index (κ3) is 6.05. The van der Waals surface area contributed by atoms with Gasteiger partial charge in [-0.2, -0.15) is 0 Å². The molecule has 0 aliphatic rings. The molecule has 0 saturated carbocycles. The van der Waals surface area contributed by atoms with Crippen molar-refractivity contribution in [2.24, 2.45) is 0 Å². The van der Waals surface area contributed by atoms with E-state index in [2.05, 4.69) is 12.2 Å². The molecule has 0 saturated heterocycles. The van der Waals surface area contributed by atoms with Crippen molar-refractivity contribution in [3.8, 4) is 0 Å². The van der Waals surface area contributed by atoms with Gasteiger partial charge in [-0.05, 0) is 27.2 Å². The summed E-state index contributed by atoms with van der Waals surface area (Å²) in [5, 5.41) is 12.3. The molecule has 2 N–H and O–H groups in total. The molecule has 10 heavy (non-hydrogen) atoms. The molecule has 2 heteroatoms. The fourth-order valence-electron chi connectivity index (χ4n) is 0.845. The maximum atomic E-state index is 9.27. The third-order valence-electron chi connectivity index (χ3n) is 1.16. The lowest BCUT2D eigenvalue weighted by molar-refractivity contribution is 0.0971. The summed E-state index contributed by atoms with van der Waals surface area (Å²) in [6.07, 6.45) is 1.51. The summed E-state index contributed by atoms with van der Waals surface area (Å²) < 4.78 is 0. The van der Waals surface area contributed by atoms with Gasteiger partial charge in [0, 0.05) is 5.54 Å². The van der Waals surface area contributed by atoms with E-state index >= 15 is 0 Å². The van der Waals surface area contributed by atoms with E-state index in [4.69, 9.17) is 0 Å². The van der Waals surface area contributed by atoms with Crippen molar-refractivity contribution in [2.75, 3.05) is 0 Å². The molecule has 0 aliphatic heterocycles.